The lowest BCUT2D eigenvalue weighted by Gasteiger charge is -2.21. The third kappa shape index (κ3) is 6.84. The topological polar surface area (TPSA) is 93.2 Å². The molecular formula is C18H22N4O3S2. The van der Waals surface area contributed by atoms with Crippen LogP contribution in [-0.2, 0) is 14.3 Å². The second kappa shape index (κ2) is 10.3. The Bertz CT molecular complexity index is 748. The number of para-hydroxylation sites is 1. The van der Waals surface area contributed by atoms with Crippen molar-refractivity contribution in [1.29, 1.82) is 0 Å². The molecule has 1 aliphatic carbocycles. The highest BCUT2D eigenvalue weighted by Gasteiger charge is 2.16. The van der Waals surface area contributed by atoms with E-state index in [4.69, 9.17) is 4.74 Å². The van der Waals surface area contributed by atoms with Gasteiger partial charge in [0.05, 0.1) is 5.75 Å². The number of carbonyl (C=O) groups is 2. The van der Waals surface area contributed by atoms with E-state index >= 15 is 0 Å². The maximum Gasteiger partial charge on any atom is 0.316 e. The molecule has 0 aliphatic heterocycles. The molecule has 0 atom stereocenters. The SMILES string of the molecule is O=C(COC(=O)CSc1nnc(NC2CCCCC2)s1)Nc1ccccc1. The predicted octanol–water partition coefficient (Wildman–Crippen LogP) is 3.56. The molecule has 3 rings (SSSR count). The van der Waals surface area contributed by atoms with E-state index in [-0.39, 0.29) is 18.3 Å². The van der Waals surface area contributed by atoms with Gasteiger partial charge in [-0.3, -0.25) is 9.59 Å². The average molecular weight is 407 g/mol. The second-order valence-electron chi connectivity index (χ2n) is 6.22. The van der Waals surface area contributed by atoms with Crippen molar-refractivity contribution in [2.45, 2.75) is 42.5 Å². The van der Waals surface area contributed by atoms with Crippen LogP contribution in [0.2, 0.25) is 0 Å². The lowest BCUT2D eigenvalue weighted by atomic mass is 9.96. The van der Waals surface area contributed by atoms with Gasteiger partial charge in [0, 0.05) is 11.7 Å². The average Bonchev–Trinajstić information content (AvgIpc) is 3.14. The number of anilines is 2. The Labute approximate surface area is 166 Å². The number of amides is 1. The molecule has 1 aromatic carbocycles. The van der Waals surface area contributed by atoms with Crippen molar-refractivity contribution in [2.75, 3.05) is 23.0 Å². The summed E-state index contributed by atoms with van der Waals surface area (Å²) in [4.78, 5) is 23.6. The van der Waals surface area contributed by atoms with Crippen molar-refractivity contribution in [2.24, 2.45) is 0 Å². The fraction of sp³-hybridized carbons (Fsp3) is 0.444. The normalized spacial score (nSPS) is 14.5. The zero-order chi connectivity index (χ0) is 18.9. The Morgan fingerprint density at radius 3 is 2.70 bits per heavy atom. The van der Waals surface area contributed by atoms with Gasteiger partial charge in [-0.2, -0.15) is 0 Å². The maximum atomic E-state index is 11.8. The van der Waals surface area contributed by atoms with Gasteiger partial charge in [0.15, 0.2) is 10.9 Å². The highest BCUT2D eigenvalue weighted by atomic mass is 32.2. The smallest absolute Gasteiger partial charge is 0.316 e. The minimum atomic E-state index is -0.458. The van der Waals surface area contributed by atoms with E-state index in [1.165, 1.54) is 55.2 Å². The zero-order valence-corrected chi connectivity index (χ0v) is 16.5. The molecule has 9 heteroatoms. The largest absolute Gasteiger partial charge is 0.455 e. The Morgan fingerprint density at radius 1 is 1.15 bits per heavy atom. The van der Waals surface area contributed by atoms with E-state index in [2.05, 4.69) is 20.8 Å². The van der Waals surface area contributed by atoms with Crippen LogP contribution in [0.4, 0.5) is 10.8 Å². The highest BCUT2D eigenvalue weighted by Crippen LogP contribution is 2.28. The minimum absolute atomic E-state index is 0.0939. The molecule has 144 valence electrons. The van der Waals surface area contributed by atoms with Crippen LogP contribution >= 0.6 is 23.1 Å². The molecule has 1 saturated carbocycles. The number of ether oxygens (including phenoxy) is 1. The molecule has 1 aliphatic rings. The lowest BCUT2D eigenvalue weighted by Crippen LogP contribution is -2.21. The fourth-order valence-corrected chi connectivity index (χ4v) is 4.40. The Kier molecular flexibility index (Phi) is 7.46. The van der Waals surface area contributed by atoms with Crippen LogP contribution in [0, 0.1) is 0 Å². The molecule has 27 heavy (non-hydrogen) atoms. The predicted molar refractivity (Wildman–Crippen MR) is 107 cm³/mol. The Morgan fingerprint density at radius 2 is 1.93 bits per heavy atom. The fourth-order valence-electron chi connectivity index (χ4n) is 2.77. The molecule has 1 heterocycles. The number of thioether (sulfide) groups is 1. The standard InChI is InChI=1S/C18H22N4O3S2/c23-15(19-13-7-3-1-4-8-13)11-25-16(24)12-26-18-22-21-17(27-18)20-14-9-5-2-6-10-14/h1,3-4,7-8,14H,2,5-6,9-12H2,(H,19,23)(H,20,21). The summed E-state index contributed by atoms with van der Waals surface area (Å²) in [6.45, 7) is -0.307. The van der Waals surface area contributed by atoms with Gasteiger partial charge in [0.1, 0.15) is 0 Å². The van der Waals surface area contributed by atoms with E-state index in [0.29, 0.717) is 16.1 Å². The molecule has 2 aromatic rings. The number of aromatic nitrogens is 2. The number of hydrogen-bond acceptors (Lipinski definition) is 8. The van der Waals surface area contributed by atoms with Crippen molar-refractivity contribution < 1.29 is 14.3 Å². The molecule has 7 nitrogen and oxygen atoms in total. The van der Waals surface area contributed by atoms with Crippen LogP contribution in [0.15, 0.2) is 34.7 Å². The van der Waals surface area contributed by atoms with Crippen molar-refractivity contribution in [1.82, 2.24) is 10.2 Å². The molecule has 0 bridgehead atoms. The molecule has 1 aromatic heterocycles. The van der Waals surface area contributed by atoms with Crippen LogP contribution in [0.1, 0.15) is 32.1 Å². The van der Waals surface area contributed by atoms with Gasteiger partial charge in [0.2, 0.25) is 5.13 Å². The second-order valence-corrected chi connectivity index (χ2v) is 8.42. The molecule has 0 radical (unpaired) electrons. The summed E-state index contributed by atoms with van der Waals surface area (Å²) in [5.74, 6) is -0.730. The minimum Gasteiger partial charge on any atom is -0.455 e. The van der Waals surface area contributed by atoms with Crippen molar-refractivity contribution in [3.8, 4) is 0 Å². The summed E-state index contributed by atoms with van der Waals surface area (Å²) in [5.41, 5.74) is 0.666. The van der Waals surface area contributed by atoms with Crippen molar-refractivity contribution in [3.05, 3.63) is 30.3 Å². The molecule has 0 unspecified atom stereocenters. The molecule has 2 N–H and O–H groups in total. The van der Waals surface area contributed by atoms with Gasteiger partial charge in [-0.15, -0.1) is 10.2 Å². The molecule has 0 saturated heterocycles. The molecule has 0 spiro atoms. The number of nitrogens with zero attached hydrogens (tertiary/aromatic N) is 2. The summed E-state index contributed by atoms with van der Waals surface area (Å²) in [6, 6.07) is 9.50. The highest BCUT2D eigenvalue weighted by molar-refractivity contribution is 8.01. The van der Waals surface area contributed by atoms with Crippen LogP contribution in [-0.4, -0.2) is 40.5 Å². The number of hydrogen-bond donors (Lipinski definition) is 2. The number of carbonyl (C=O) groups excluding carboxylic acids is 2. The molecular weight excluding hydrogens is 384 g/mol. The first-order valence-corrected chi connectivity index (χ1v) is 10.7. The van der Waals surface area contributed by atoms with Crippen LogP contribution < -0.4 is 10.6 Å². The zero-order valence-electron chi connectivity index (χ0n) is 14.8. The number of nitrogens with one attached hydrogen (secondary N) is 2. The van der Waals surface area contributed by atoms with E-state index < -0.39 is 5.97 Å². The van der Waals surface area contributed by atoms with Gasteiger partial charge in [0.25, 0.3) is 5.91 Å². The van der Waals surface area contributed by atoms with E-state index in [1.54, 1.807) is 12.1 Å². The Hall–Kier alpha value is -2.13. The third-order valence-electron chi connectivity index (χ3n) is 4.07. The van der Waals surface area contributed by atoms with E-state index in [1.807, 2.05) is 18.2 Å². The monoisotopic (exact) mass is 406 g/mol. The van der Waals surface area contributed by atoms with Crippen molar-refractivity contribution >= 4 is 45.8 Å². The Balaban J connectivity index is 1.34. The molecule has 1 fully saturated rings. The first kappa shape index (κ1) is 19.6. The summed E-state index contributed by atoms with van der Waals surface area (Å²) >= 11 is 2.70. The first-order chi connectivity index (χ1) is 13.2. The van der Waals surface area contributed by atoms with E-state index in [0.717, 1.165) is 5.13 Å². The summed E-state index contributed by atoms with van der Waals surface area (Å²) < 4.78 is 5.70. The summed E-state index contributed by atoms with van der Waals surface area (Å²) in [7, 11) is 0. The molecule has 1 amide bonds. The lowest BCUT2D eigenvalue weighted by molar-refractivity contribution is -0.144. The van der Waals surface area contributed by atoms with E-state index in [9.17, 15) is 9.59 Å². The number of esters is 1. The number of benzene rings is 1. The van der Waals surface area contributed by atoms with Gasteiger partial charge in [-0.1, -0.05) is 60.6 Å². The summed E-state index contributed by atoms with van der Waals surface area (Å²) in [5, 5.41) is 15.1. The van der Waals surface area contributed by atoms with Crippen molar-refractivity contribution in [3.63, 3.8) is 0 Å². The van der Waals surface area contributed by atoms with Gasteiger partial charge < -0.3 is 15.4 Å². The van der Waals surface area contributed by atoms with Gasteiger partial charge in [-0.05, 0) is 25.0 Å². The van der Waals surface area contributed by atoms with Crippen LogP contribution in [0.25, 0.3) is 0 Å². The van der Waals surface area contributed by atoms with Gasteiger partial charge >= 0.3 is 5.97 Å². The summed E-state index contributed by atoms with van der Waals surface area (Å²) in [6.07, 6.45) is 6.14. The van der Waals surface area contributed by atoms with Gasteiger partial charge in [-0.25, -0.2) is 0 Å². The first-order valence-electron chi connectivity index (χ1n) is 8.92. The number of rotatable bonds is 8. The maximum absolute atomic E-state index is 11.8. The third-order valence-corrected chi connectivity index (χ3v) is 6.04. The quantitative estimate of drug-likeness (QED) is 0.511. The van der Waals surface area contributed by atoms with Crippen LogP contribution in [0.3, 0.4) is 0 Å². The van der Waals surface area contributed by atoms with Crippen LogP contribution in [0.5, 0.6) is 0 Å².